The normalized spacial score (nSPS) is 12.7. The second-order valence-corrected chi connectivity index (χ2v) is 13.8. The smallest absolute Gasteiger partial charge is 0.408 e. The van der Waals surface area contributed by atoms with Crippen molar-refractivity contribution in [2.24, 2.45) is 0 Å². The zero-order chi connectivity index (χ0) is 22.0. The van der Waals surface area contributed by atoms with Gasteiger partial charge in [0.2, 0.25) is 5.91 Å². The van der Waals surface area contributed by atoms with E-state index in [1.54, 1.807) is 33.8 Å². The molecule has 0 saturated carbocycles. The molecule has 0 aliphatic heterocycles. The van der Waals surface area contributed by atoms with Crippen molar-refractivity contribution in [3.63, 3.8) is 0 Å². The minimum Gasteiger partial charge on any atom is -0.465 e. The van der Waals surface area contributed by atoms with Gasteiger partial charge in [0.05, 0.1) is 0 Å². The SMILES string of the molecule is CC(C(=O)Nc1cc2ccccc2c(C#C[Si](C)(C)C)n1)N(C(=O)O)C(C)(C)C. The van der Waals surface area contributed by atoms with E-state index in [1.807, 2.05) is 24.3 Å². The van der Waals surface area contributed by atoms with Crippen LogP contribution >= 0.6 is 0 Å². The highest BCUT2D eigenvalue weighted by Gasteiger charge is 2.34. The second-order valence-electron chi connectivity index (χ2n) is 9.07. The molecular formula is C22H29N3O3Si. The Bertz CT molecular complexity index is 994. The van der Waals surface area contributed by atoms with E-state index >= 15 is 0 Å². The summed E-state index contributed by atoms with van der Waals surface area (Å²) in [5.41, 5.74) is 3.21. The number of pyridine rings is 1. The number of fused-ring (bicyclic) bond motifs is 1. The predicted molar refractivity (Wildman–Crippen MR) is 120 cm³/mol. The number of carbonyl (C=O) groups is 2. The molecule has 2 amide bonds. The van der Waals surface area contributed by atoms with Crippen LogP contribution in [0.25, 0.3) is 10.8 Å². The number of amides is 2. The van der Waals surface area contributed by atoms with Crippen LogP contribution in [0, 0.1) is 11.5 Å². The Morgan fingerprint density at radius 3 is 2.38 bits per heavy atom. The number of carbonyl (C=O) groups excluding carboxylic acids is 1. The number of nitrogens with zero attached hydrogens (tertiary/aromatic N) is 2. The van der Waals surface area contributed by atoms with Gasteiger partial charge in [-0.05, 0) is 39.1 Å². The van der Waals surface area contributed by atoms with Crippen molar-refractivity contribution in [2.75, 3.05) is 5.32 Å². The molecule has 6 nitrogen and oxygen atoms in total. The van der Waals surface area contributed by atoms with E-state index in [0.717, 1.165) is 15.7 Å². The van der Waals surface area contributed by atoms with Crippen LogP contribution in [0.15, 0.2) is 30.3 Å². The molecule has 29 heavy (non-hydrogen) atoms. The van der Waals surface area contributed by atoms with E-state index in [1.165, 1.54) is 0 Å². The first kappa shape index (κ1) is 22.4. The largest absolute Gasteiger partial charge is 0.465 e. The molecule has 0 radical (unpaired) electrons. The summed E-state index contributed by atoms with van der Waals surface area (Å²) in [7, 11) is -1.60. The summed E-state index contributed by atoms with van der Waals surface area (Å²) in [5.74, 6) is 3.11. The maximum Gasteiger partial charge on any atom is 0.408 e. The summed E-state index contributed by atoms with van der Waals surface area (Å²) in [5, 5.41) is 14.1. The van der Waals surface area contributed by atoms with Gasteiger partial charge in [-0.15, -0.1) is 5.54 Å². The molecule has 1 aromatic carbocycles. The Balaban J connectivity index is 2.42. The third kappa shape index (κ3) is 5.81. The molecule has 0 fully saturated rings. The van der Waals surface area contributed by atoms with E-state index in [2.05, 4.69) is 41.4 Å². The van der Waals surface area contributed by atoms with Crippen LogP contribution in [-0.2, 0) is 4.79 Å². The van der Waals surface area contributed by atoms with Gasteiger partial charge in [0.15, 0.2) is 0 Å². The van der Waals surface area contributed by atoms with Gasteiger partial charge in [-0.3, -0.25) is 9.69 Å². The molecule has 1 unspecified atom stereocenters. The molecular weight excluding hydrogens is 382 g/mol. The van der Waals surface area contributed by atoms with Crippen molar-refractivity contribution < 1.29 is 14.7 Å². The lowest BCUT2D eigenvalue weighted by Crippen LogP contribution is -2.54. The lowest BCUT2D eigenvalue weighted by molar-refractivity contribution is -0.121. The lowest BCUT2D eigenvalue weighted by Gasteiger charge is -2.37. The zero-order valence-electron chi connectivity index (χ0n) is 18.1. The summed E-state index contributed by atoms with van der Waals surface area (Å²) in [6.45, 7) is 13.3. The number of rotatable bonds is 3. The molecule has 1 atom stereocenters. The van der Waals surface area contributed by atoms with E-state index in [0.29, 0.717) is 11.5 Å². The zero-order valence-corrected chi connectivity index (χ0v) is 19.1. The van der Waals surface area contributed by atoms with Crippen LogP contribution < -0.4 is 5.32 Å². The highest BCUT2D eigenvalue weighted by molar-refractivity contribution is 6.83. The lowest BCUT2D eigenvalue weighted by atomic mass is 10.0. The Morgan fingerprint density at radius 1 is 1.21 bits per heavy atom. The summed E-state index contributed by atoms with van der Waals surface area (Å²) in [4.78, 5) is 30.1. The first-order chi connectivity index (χ1) is 13.3. The van der Waals surface area contributed by atoms with Crippen molar-refractivity contribution in [1.29, 1.82) is 0 Å². The van der Waals surface area contributed by atoms with E-state index in [4.69, 9.17) is 0 Å². The van der Waals surface area contributed by atoms with Gasteiger partial charge in [0, 0.05) is 10.9 Å². The monoisotopic (exact) mass is 411 g/mol. The van der Waals surface area contributed by atoms with Crippen LogP contribution in [0.5, 0.6) is 0 Å². The van der Waals surface area contributed by atoms with Crippen LogP contribution in [0.2, 0.25) is 19.6 Å². The number of aromatic nitrogens is 1. The molecule has 2 aromatic rings. The third-order valence-corrected chi connectivity index (χ3v) is 5.12. The molecule has 0 saturated heterocycles. The van der Waals surface area contributed by atoms with Gasteiger partial charge in [-0.2, -0.15) is 0 Å². The average molecular weight is 412 g/mol. The predicted octanol–water partition coefficient (Wildman–Crippen LogP) is 4.57. The van der Waals surface area contributed by atoms with Crippen LogP contribution in [0.3, 0.4) is 0 Å². The van der Waals surface area contributed by atoms with Gasteiger partial charge in [0.1, 0.15) is 25.6 Å². The number of anilines is 1. The van der Waals surface area contributed by atoms with Gasteiger partial charge in [0.25, 0.3) is 0 Å². The second kappa shape index (κ2) is 8.25. The minimum atomic E-state index is -1.60. The maximum absolute atomic E-state index is 12.8. The van der Waals surface area contributed by atoms with E-state index < -0.39 is 31.7 Å². The van der Waals surface area contributed by atoms with Crippen molar-refractivity contribution >= 4 is 36.7 Å². The number of nitrogens with one attached hydrogen (secondary N) is 1. The van der Waals surface area contributed by atoms with E-state index in [9.17, 15) is 14.7 Å². The fourth-order valence-corrected chi connectivity index (χ4v) is 3.48. The van der Waals surface area contributed by atoms with Crippen molar-refractivity contribution in [3.05, 3.63) is 36.0 Å². The van der Waals surface area contributed by atoms with Crippen LogP contribution in [-0.4, -0.2) is 46.6 Å². The molecule has 0 bridgehead atoms. The molecule has 7 heteroatoms. The Labute approximate surface area is 173 Å². The van der Waals surface area contributed by atoms with Crippen LogP contribution in [0.1, 0.15) is 33.4 Å². The van der Waals surface area contributed by atoms with Crippen LogP contribution in [0.4, 0.5) is 10.6 Å². The first-order valence-corrected chi connectivity index (χ1v) is 13.1. The van der Waals surface area contributed by atoms with Gasteiger partial charge in [-0.1, -0.05) is 49.8 Å². The molecule has 0 aliphatic carbocycles. The highest BCUT2D eigenvalue weighted by Crippen LogP contribution is 2.22. The first-order valence-electron chi connectivity index (χ1n) is 9.56. The number of hydrogen-bond acceptors (Lipinski definition) is 3. The topological polar surface area (TPSA) is 82.5 Å². The maximum atomic E-state index is 12.8. The average Bonchev–Trinajstić information content (AvgIpc) is 2.57. The molecule has 0 spiro atoms. The standard InChI is InChI=1S/C22H29N3O3Si/c1-15(25(21(27)28)22(2,3)4)20(26)24-19-14-16-10-8-9-11-17(16)18(23-19)12-13-29(5,6)7/h8-11,14-15H,1-7H3,(H,27,28)(H,23,24,26). The van der Waals surface area contributed by atoms with Crippen molar-refractivity contribution in [1.82, 2.24) is 9.88 Å². The minimum absolute atomic E-state index is 0.361. The molecule has 2 N–H and O–H groups in total. The summed E-state index contributed by atoms with van der Waals surface area (Å²) in [6.07, 6.45) is -1.15. The molecule has 1 heterocycles. The fraction of sp³-hybridized carbons (Fsp3) is 0.409. The summed E-state index contributed by atoms with van der Waals surface area (Å²) >= 11 is 0. The highest BCUT2D eigenvalue weighted by atomic mass is 28.3. The summed E-state index contributed by atoms with van der Waals surface area (Å²) in [6, 6.07) is 8.64. The summed E-state index contributed by atoms with van der Waals surface area (Å²) < 4.78 is 0. The molecule has 154 valence electrons. The number of benzene rings is 1. The van der Waals surface area contributed by atoms with Crippen molar-refractivity contribution in [3.8, 4) is 11.5 Å². The Kier molecular flexibility index (Phi) is 6.39. The van der Waals surface area contributed by atoms with Gasteiger partial charge < -0.3 is 10.4 Å². The fourth-order valence-electron chi connectivity index (χ4n) is 2.99. The van der Waals surface area contributed by atoms with E-state index in [-0.39, 0.29) is 0 Å². The van der Waals surface area contributed by atoms with Gasteiger partial charge >= 0.3 is 6.09 Å². The molecule has 0 aliphatic rings. The van der Waals surface area contributed by atoms with Crippen molar-refractivity contribution in [2.45, 2.75) is 58.9 Å². The Hall–Kier alpha value is -2.85. The quantitative estimate of drug-likeness (QED) is 0.572. The number of carboxylic acid groups (broad SMARTS) is 1. The third-order valence-electron chi connectivity index (χ3n) is 4.24. The molecule has 2 rings (SSSR count). The number of hydrogen-bond donors (Lipinski definition) is 2. The van der Waals surface area contributed by atoms with Gasteiger partial charge in [-0.25, -0.2) is 9.78 Å². The Morgan fingerprint density at radius 2 is 1.83 bits per heavy atom. The molecule has 1 aromatic heterocycles.